The molecular formula is C22H29N5O5S. The first kappa shape index (κ1) is 24.6. The van der Waals surface area contributed by atoms with E-state index >= 15 is 0 Å². The lowest BCUT2D eigenvalue weighted by Gasteiger charge is -2.23. The fourth-order valence-electron chi connectivity index (χ4n) is 3.26. The molecule has 0 unspecified atom stereocenters. The second kappa shape index (κ2) is 10.7. The summed E-state index contributed by atoms with van der Waals surface area (Å²) in [5.74, 6) is 0.296. The van der Waals surface area contributed by atoms with Gasteiger partial charge in [0.25, 0.3) is 5.91 Å². The molecule has 3 rings (SSSR count). The van der Waals surface area contributed by atoms with Crippen molar-refractivity contribution in [3.63, 3.8) is 0 Å². The molecule has 178 valence electrons. The number of aromatic nitrogens is 2. The Labute approximate surface area is 193 Å². The van der Waals surface area contributed by atoms with E-state index in [-0.39, 0.29) is 10.6 Å². The third kappa shape index (κ3) is 6.72. The van der Waals surface area contributed by atoms with Crippen LogP contribution in [0.2, 0.25) is 0 Å². The Kier molecular flexibility index (Phi) is 7.98. The monoisotopic (exact) mass is 475 g/mol. The zero-order valence-electron chi connectivity index (χ0n) is 19.0. The average Bonchev–Trinajstić information content (AvgIpc) is 3.62. The van der Waals surface area contributed by atoms with Crippen LogP contribution in [0.3, 0.4) is 0 Å². The summed E-state index contributed by atoms with van der Waals surface area (Å²) in [6, 6.07) is 5.95. The largest absolute Gasteiger partial charge is 0.468 e. The molecule has 10 nitrogen and oxygen atoms in total. The van der Waals surface area contributed by atoms with Crippen LogP contribution >= 0.6 is 0 Å². The Morgan fingerprint density at radius 2 is 1.97 bits per heavy atom. The molecule has 2 N–H and O–H groups in total. The number of hydrogen-bond donors (Lipinski definition) is 2. The number of carbonyl (C=O) groups excluding carboxylic acids is 2. The predicted octanol–water partition coefficient (Wildman–Crippen LogP) is 2.12. The Balaban J connectivity index is 1.72. The number of sulfonamides is 1. The number of nitrogens with one attached hydrogen (secondary N) is 2. The summed E-state index contributed by atoms with van der Waals surface area (Å²) in [6.45, 7) is 5.09. The van der Waals surface area contributed by atoms with Crippen LogP contribution in [-0.2, 0) is 19.6 Å². The van der Waals surface area contributed by atoms with Crippen molar-refractivity contribution in [1.82, 2.24) is 14.7 Å². The molecule has 1 heterocycles. The standard InChI is InChI=1S/C22H29N5O5S/c1-4-9-27(13-16-5-6-16)20-11-19(23-14-24-20)22(29)26-18-8-7-17(10-15(18)2)33(30,31)25-12-21(28)32-3/h7-8,10-11,14,16,25H,4-6,9,12-13H2,1-3H3,(H,26,29). The smallest absolute Gasteiger partial charge is 0.320 e. The van der Waals surface area contributed by atoms with E-state index < -0.39 is 28.4 Å². The molecule has 1 aliphatic carbocycles. The lowest BCUT2D eigenvalue weighted by atomic mass is 10.2. The number of rotatable bonds is 11. The van der Waals surface area contributed by atoms with Gasteiger partial charge in [0.05, 0.1) is 12.0 Å². The van der Waals surface area contributed by atoms with Crippen LogP contribution in [0, 0.1) is 12.8 Å². The average molecular weight is 476 g/mol. The van der Waals surface area contributed by atoms with Crippen molar-refractivity contribution in [3.8, 4) is 0 Å². The van der Waals surface area contributed by atoms with Gasteiger partial charge in [-0.05, 0) is 55.9 Å². The van der Waals surface area contributed by atoms with Gasteiger partial charge in [-0.1, -0.05) is 6.92 Å². The van der Waals surface area contributed by atoms with E-state index in [4.69, 9.17) is 0 Å². The van der Waals surface area contributed by atoms with Crippen LogP contribution in [-0.4, -0.2) is 57.0 Å². The number of amides is 1. The lowest BCUT2D eigenvalue weighted by Crippen LogP contribution is -2.30. The molecule has 2 aromatic rings. The van der Waals surface area contributed by atoms with Gasteiger partial charge in [-0.2, -0.15) is 4.72 Å². The molecule has 1 aliphatic rings. The summed E-state index contributed by atoms with van der Waals surface area (Å²) >= 11 is 0. The van der Waals surface area contributed by atoms with Gasteiger partial charge in [0.15, 0.2) is 0 Å². The number of ether oxygens (including phenoxy) is 1. The molecule has 0 aliphatic heterocycles. The van der Waals surface area contributed by atoms with Gasteiger partial charge in [-0.15, -0.1) is 0 Å². The number of hydrogen-bond acceptors (Lipinski definition) is 8. The second-order valence-corrected chi connectivity index (χ2v) is 9.75. The number of benzene rings is 1. The zero-order valence-corrected chi connectivity index (χ0v) is 19.8. The third-order valence-electron chi connectivity index (χ3n) is 5.27. The molecule has 0 atom stereocenters. The number of esters is 1. The summed E-state index contributed by atoms with van der Waals surface area (Å²) in [5.41, 5.74) is 1.23. The summed E-state index contributed by atoms with van der Waals surface area (Å²) < 4.78 is 31.3. The Morgan fingerprint density at radius 3 is 2.61 bits per heavy atom. The van der Waals surface area contributed by atoms with Gasteiger partial charge < -0.3 is 15.0 Å². The van der Waals surface area contributed by atoms with E-state index in [9.17, 15) is 18.0 Å². The number of nitrogens with zero attached hydrogens (tertiary/aromatic N) is 3. The Morgan fingerprint density at radius 1 is 1.21 bits per heavy atom. The molecule has 0 saturated heterocycles. The number of carbonyl (C=O) groups is 2. The van der Waals surface area contributed by atoms with Crippen molar-refractivity contribution in [1.29, 1.82) is 0 Å². The maximum absolute atomic E-state index is 12.8. The van der Waals surface area contributed by atoms with Crippen molar-refractivity contribution in [2.45, 2.75) is 38.0 Å². The highest BCUT2D eigenvalue weighted by atomic mass is 32.2. The Hall–Kier alpha value is -3.05. The number of methoxy groups -OCH3 is 1. The number of anilines is 2. The summed E-state index contributed by atoms with van der Waals surface area (Å²) in [4.78, 5) is 34.7. The molecular weight excluding hydrogens is 446 g/mol. The van der Waals surface area contributed by atoms with E-state index in [2.05, 4.69) is 36.6 Å². The van der Waals surface area contributed by atoms with Crippen LogP contribution in [0.5, 0.6) is 0 Å². The third-order valence-corrected chi connectivity index (χ3v) is 6.67. The first-order valence-electron chi connectivity index (χ1n) is 10.8. The van der Waals surface area contributed by atoms with Gasteiger partial charge in [0.1, 0.15) is 24.4 Å². The molecule has 1 aromatic heterocycles. The maximum Gasteiger partial charge on any atom is 0.320 e. The predicted molar refractivity (Wildman–Crippen MR) is 124 cm³/mol. The molecule has 0 spiro atoms. The minimum Gasteiger partial charge on any atom is -0.468 e. The first-order chi connectivity index (χ1) is 15.7. The van der Waals surface area contributed by atoms with Gasteiger partial charge in [0, 0.05) is 24.8 Å². The first-order valence-corrected chi connectivity index (χ1v) is 12.3. The molecule has 33 heavy (non-hydrogen) atoms. The van der Waals surface area contributed by atoms with Crippen molar-refractivity contribution >= 4 is 33.4 Å². The SMILES string of the molecule is CCCN(CC1CC1)c1cc(C(=O)Nc2ccc(S(=O)(=O)NCC(=O)OC)cc2C)ncn1. The van der Waals surface area contributed by atoms with Gasteiger partial charge in [-0.25, -0.2) is 18.4 Å². The zero-order chi connectivity index (χ0) is 24.0. The van der Waals surface area contributed by atoms with E-state index in [1.54, 1.807) is 13.0 Å². The second-order valence-electron chi connectivity index (χ2n) is 7.98. The quantitative estimate of drug-likeness (QED) is 0.473. The van der Waals surface area contributed by atoms with Crippen molar-refractivity contribution in [3.05, 3.63) is 41.9 Å². The maximum atomic E-state index is 12.8. The summed E-state index contributed by atoms with van der Waals surface area (Å²) in [6.07, 6.45) is 4.81. The highest BCUT2D eigenvalue weighted by Gasteiger charge is 2.25. The molecule has 1 fully saturated rings. The molecule has 0 radical (unpaired) electrons. The minimum absolute atomic E-state index is 0.0264. The highest BCUT2D eigenvalue weighted by molar-refractivity contribution is 7.89. The molecule has 1 aromatic carbocycles. The van der Waals surface area contributed by atoms with Crippen molar-refractivity contribution in [2.24, 2.45) is 5.92 Å². The number of aryl methyl sites for hydroxylation is 1. The lowest BCUT2D eigenvalue weighted by molar-refractivity contribution is -0.139. The van der Waals surface area contributed by atoms with Crippen LogP contribution in [0.15, 0.2) is 35.5 Å². The van der Waals surface area contributed by atoms with E-state index in [1.807, 2.05) is 0 Å². The Bertz CT molecular complexity index is 1120. The fourth-order valence-corrected chi connectivity index (χ4v) is 4.32. The van der Waals surface area contributed by atoms with Gasteiger partial charge in [0.2, 0.25) is 10.0 Å². The van der Waals surface area contributed by atoms with Crippen molar-refractivity contribution < 1.29 is 22.7 Å². The molecule has 1 amide bonds. The summed E-state index contributed by atoms with van der Waals surface area (Å²) in [5, 5.41) is 2.78. The topological polar surface area (TPSA) is 131 Å². The normalized spacial score (nSPS) is 13.4. The van der Waals surface area contributed by atoms with E-state index in [0.29, 0.717) is 17.2 Å². The van der Waals surface area contributed by atoms with Crippen molar-refractivity contribution in [2.75, 3.05) is 37.0 Å². The van der Waals surface area contributed by atoms with Gasteiger partial charge in [-0.3, -0.25) is 9.59 Å². The molecule has 11 heteroatoms. The van der Waals surface area contributed by atoms with E-state index in [1.165, 1.54) is 44.5 Å². The minimum atomic E-state index is -3.90. The van der Waals surface area contributed by atoms with Crippen LogP contribution < -0.4 is 14.9 Å². The summed E-state index contributed by atoms with van der Waals surface area (Å²) in [7, 11) is -2.73. The fraction of sp³-hybridized carbons (Fsp3) is 0.455. The molecule has 1 saturated carbocycles. The van der Waals surface area contributed by atoms with E-state index in [0.717, 1.165) is 25.3 Å². The van der Waals surface area contributed by atoms with Crippen LogP contribution in [0.1, 0.15) is 42.2 Å². The van der Waals surface area contributed by atoms with Gasteiger partial charge >= 0.3 is 5.97 Å². The molecule has 0 bridgehead atoms. The highest BCUT2D eigenvalue weighted by Crippen LogP contribution is 2.31. The van der Waals surface area contributed by atoms with Crippen LogP contribution in [0.25, 0.3) is 0 Å². The van der Waals surface area contributed by atoms with Crippen LogP contribution in [0.4, 0.5) is 11.5 Å².